The predicted molar refractivity (Wildman–Crippen MR) is 128 cm³/mol. The quantitative estimate of drug-likeness (QED) is 0.217. The molecule has 1 aliphatic carbocycles. The van der Waals surface area contributed by atoms with Gasteiger partial charge in [0.1, 0.15) is 11.5 Å². The Bertz CT molecular complexity index is 1370. The summed E-state index contributed by atoms with van der Waals surface area (Å²) in [5.74, 6) is -1.49. The Hall–Kier alpha value is -4.64. The molecule has 0 heterocycles. The lowest BCUT2D eigenvalue weighted by Crippen LogP contribution is -2.28. The summed E-state index contributed by atoms with van der Waals surface area (Å²) in [5.41, 5.74) is 5.86. The Morgan fingerprint density at radius 3 is 1.71 bits per heavy atom. The highest BCUT2D eigenvalue weighted by Crippen LogP contribution is 2.56. The number of aliphatic carboxylic acids is 1. The molecule has 0 amide bonds. The van der Waals surface area contributed by atoms with Crippen LogP contribution in [0.1, 0.15) is 22.3 Å². The number of carbonyl (C=O) groups excluding carboxylic acids is 1. The van der Waals surface area contributed by atoms with Gasteiger partial charge in [-0.1, -0.05) is 72.8 Å². The van der Waals surface area contributed by atoms with Gasteiger partial charge in [0.2, 0.25) is 0 Å². The molecule has 0 fully saturated rings. The summed E-state index contributed by atoms with van der Waals surface area (Å²) in [6.45, 7) is 0. The third-order valence-corrected chi connectivity index (χ3v) is 6.12. The summed E-state index contributed by atoms with van der Waals surface area (Å²) >= 11 is 0. The van der Waals surface area contributed by atoms with Crippen molar-refractivity contribution in [1.29, 1.82) is 0 Å². The number of ether oxygens (including phenoxy) is 1. The fraction of sp³-hybridized carbons (Fsp3) is 0.0345. The van der Waals surface area contributed by atoms with E-state index in [0.717, 1.165) is 45.5 Å². The number of hydrogen-bond acceptors (Lipinski definition) is 4. The zero-order valence-corrected chi connectivity index (χ0v) is 18.0. The highest BCUT2D eigenvalue weighted by molar-refractivity contribution is 5.92. The number of esters is 1. The molecule has 4 aromatic rings. The minimum atomic E-state index is -1.22. The SMILES string of the molecule is O=C(O)/C=C/C(=O)Oc1ccc(C2(c3ccc(O)cc3)c3ccccc3-c3ccccc32)cc1. The molecule has 5 nitrogen and oxygen atoms in total. The Labute approximate surface area is 196 Å². The van der Waals surface area contributed by atoms with Gasteiger partial charge in [-0.2, -0.15) is 0 Å². The van der Waals surface area contributed by atoms with E-state index in [0.29, 0.717) is 5.75 Å². The number of phenols is 1. The van der Waals surface area contributed by atoms with Crippen molar-refractivity contribution in [3.05, 3.63) is 131 Å². The van der Waals surface area contributed by atoms with Gasteiger partial charge in [-0.15, -0.1) is 0 Å². The predicted octanol–water partition coefficient (Wildman–Crippen LogP) is 5.30. The molecule has 0 aliphatic heterocycles. The van der Waals surface area contributed by atoms with E-state index in [9.17, 15) is 14.7 Å². The first-order chi connectivity index (χ1) is 16.5. The van der Waals surface area contributed by atoms with Crippen LogP contribution >= 0.6 is 0 Å². The smallest absolute Gasteiger partial charge is 0.336 e. The number of carboxylic acid groups (broad SMARTS) is 1. The molecule has 1 aliphatic rings. The first-order valence-electron chi connectivity index (χ1n) is 10.7. The van der Waals surface area contributed by atoms with Gasteiger partial charge >= 0.3 is 11.9 Å². The van der Waals surface area contributed by atoms with Gasteiger partial charge in [0.15, 0.2) is 0 Å². The van der Waals surface area contributed by atoms with Crippen molar-refractivity contribution in [2.75, 3.05) is 0 Å². The van der Waals surface area contributed by atoms with Crippen LogP contribution in [0.15, 0.2) is 109 Å². The van der Waals surface area contributed by atoms with Crippen LogP contribution in [0.2, 0.25) is 0 Å². The molecule has 0 saturated carbocycles. The molecule has 0 spiro atoms. The van der Waals surface area contributed by atoms with Gasteiger partial charge in [-0.05, 0) is 57.6 Å². The van der Waals surface area contributed by atoms with Crippen molar-refractivity contribution >= 4 is 11.9 Å². The van der Waals surface area contributed by atoms with E-state index in [1.165, 1.54) is 0 Å². The van der Waals surface area contributed by atoms with Crippen LogP contribution < -0.4 is 4.74 Å². The minimum absolute atomic E-state index is 0.190. The van der Waals surface area contributed by atoms with E-state index in [4.69, 9.17) is 9.84 Å². The molecule has 5 rings (SSSR count). The number of fused-ring (bicyclic) bond motifs is 3. The van der Waals surface area contributed by atoms with Gasteiger partial charge in [0.25, 0.3) is 0 Å². The van der Waals surface area contributed by atoms with Crippen molar-refractivity contribution < 1.29 is 24.5 Å². The van der Waals surface area contributed by atoms with E-state index >= 15 is 0 Å². The summed E-state index contributed by atoms with van der Waals surface area (Å²) in [6.07, 6.45) is 1.61. The first kappa shape index (κ1) is 21.2. The Morgan fingerprint density at radius 1 is 0.676 bits per heavy atom. The standard InChI is InChI=1S/C29H20O5/c30-21-13-9-19(10-14-21)29(20-11-15-22(16-12-20)34-28(33)18-17-27(31)32)25-7-3-1-5-23(25)24-6-2-4-8-26(24)29/h1-18,30H,(H,31,32)/b18-17+. The molecule has 4 aromatic carbocycles. The van der Waals surface area contributed by atoms with E-state index in [1.54, 1.807) is 24.3 Å². The summed E-state index contributed by atoms with van der Waals surface area (Å²) in [7, 11) is 0. The minimum Gasteiger partial charge on any atom is -0.508 e. The van der Waals surface area contributed by atoms with E-state index in [-0.39, 0.29) is 5.75 Å². The topological polar surface area (TPSA) is 83.8 Å². The molecule has 2 N–H and O–H groups in total. The number of phenolic OH excluding ortho intramolecular Hbond substituents is 1. The molecule has 0 aromatic heterocycles. The maximum Gasteiger partial charge on any atom is 0.336 e. The number of hydrogen-bond donors (Lipinski definition) is 2. The van der Waals surface area contributed by atoms with Crippen LogP contribution in [0, 0.1) is 0 Å². The second-order valence-corrected chi connectivity index (χ2v) is 8.01. The van der Waals surface area contributed by atoms with Gasteiger partial charge in [0, 0.05) is 12.2 Å². The van der Waals surface area contributed by atoms with Crippen LogP contribution in [0.25, 0.3) is 11.1 Å². The molecule has 0 bridgehead atoms. The third kappa shape index (κ3) is 3.44. The average molecular weight is 448 g/mol. The number of rotatable bonds is 5. The summed E-state index contributed by atoms with van der Waals surface area (Å²) in [5, 5.41) is 18.6. The monoisotopic (exact) mass is 448 g/mol. The van der Waals surface area contributed by atoms with Crippen molar-refractivity contribution in [1.82, 2.24) is 0 Å². The molecule has 5 heteroatoms. The Morgan fingerprint density at radius 2 is 1.18 bits per heavy atom. The maximum atomic E-state index is 11.9. The molecule has 34 heavy (non-hydrogen) atoms. The molecular weight excluding hydrogens is 428 g/mol. The van der Waals surface area contributed by atoms with Crippen LogP contribution in [0.4, 0.5) is 0 Å². The zero-order chi connectivity index (χ0) is 23.7. The average Bonchev–Trinajstić information content (AvgIpc) is 3.15. The van der Waals surface area contributed by atoms with Crippen LogP contribution in [-0.4, -0.2) is 22.2 Å². The van der Waals surface area contributed by atoms with E-state index < -0.39 is 17.4 Å². The van der Waals surface area contributed by atoms with Gasteiger partial charge in [-0.25, -0.2) is 9.59 Å². The molecule has 0 atom stereocenters. The fourth-order valence-electron chi connectivity index (χ4n) is 4.80. The van der Waals surface area contributed by atoms with Crippen molar-refractivity contribution in [3.63, 3.8) is 0 Å². The second kappa shape index (κ2) is 8.37. The molecule has 166 valence electrons. The lowest BCUT2D eigenvalue weighted by molar-refractivity contribution is -0.133. The summed E-state index contributed by atoms with van der Waals surface area (Å²) in [6, 6.07) is 31.0. The van der Waals surface area contributed by atoms with Crippen molar-refractivity contribution in [3.8, 4) is 22.6 Å². The largest absolute Gasteiger partial charge is 0.508 e. The lowest BCUT2D eigenvalue weighted by Gasteiger charge is -2.34. The number of carbonyl (C=O) groups is 2. The van der Waals surface area contributed by atoms with Crippen LogP contribution in [-0.2, 0) is 15.0 Å². The Kier molecular flexibility index (Phi) is 5.22. The van der Waals surface area contributed by atoms with Gasteiger partial charge < -0.3 is 14.9 Å². The molecule has 0 radical (unpaired) electrons. The summed E-state index contributed by atoms with van der Waals surface area (Å²) < 4.78 is 5.25. The fourth-order valence-corrected chi connectivity index (χ4v) is 4.80. The maximum absolute atomic E-state index is 11.9. The highest BCUT2D eigenvalue weighted by atomic mass is 16.5. The second-order valence-electron chi connectivity index (χ2n) is 8.01. The highest BCUT2D eigenvalue weighted by Gasteiger charge is 2.45. The van der Waals surface area contributed by atoms with Crippen LogP contribution in [0.5, 0.6) is 11.5 Å². The normalized spacial score (nSPS) is 13.3. The number of aromatic hydroxyl groups is 1. The molecule has 0 unspecified atom stereocenters. The third-order valence-electron chi connectivity index (χ3n) is 6.12. The molecular formula is C29H20O5. The molecule has 0 saturated heterocycles. The van der Waals surface area contributed by atoms with E-state index in [1.807, 2.05) is 48.5 Å². The zero-order valence-electron chi connectivity index (χ0n) is 18.0. The number of benzene rings is 4. The van der Waals surface area contributed by atoms with E-state index in [2.05, 4.69) is 24.3 Å². The first-order valence-corrected chi connectivity index (χ1v) is 10.7. The van der Waals surface area contributed by atoms with Crippen molar-refractivity contribution in [2.45, 2.75) is 5.41 Å². The lowest BCUT2D eigenvalue weighted by atomic mass is 9.68. The van der Waals surface area contributed by atoms with Crippen molar-refractivity contribution in [2.24, 2.45) is 0 Å². The number of carboxylic acids is 1. The van der Waals surface area contributed by atoms with Gasteiger partial charge in [0.05, 0.1) is 5.41 Å². The summed E-state index contributed by atoms with van der Waals surface area (Å²) in [4.78, 5) is 22.5. The van der Waals surface area contributed by atoms with Gasteiger partial charge in [-0.3, -0.25) is 0 Å². The van der Waals surface area contributed by atoms with Crippen LogP contribution in [0.3, 0.4) is 0 Å². The Balaban J connectivity index is 1.67.